The van der Waals surface area contributed by atoms with Gasteiger partial charge in [-0.15, -0.1) is 0 Å². The van der Waals surface area contributed by atoms with Gasteiger partial charge in [-0.05, 0) is 18.9 Å². The Morgan fingerprint density at radius 3 is 2.65 bits per heavy atom. The smallest absolute Gasteiger partial charge is 0.152 e. The van der Waals surface area contributed by atoms with Gasteiger partial charge in [0, 0.05) is 30.1 Å². The monoisotopic (exact) mass is 349 g/mol. The first kappa shape index (κ1) is 15.0. The quantitative estimate of drug-likeness (QED) is 0.870. The molecule has 1 aliphatic heterocycles. The van der Waals surface area contributed by atoms with Gasteiger partial charge in [-0.1, -0.05) is 35.3 Å². The number of benzene rings is 1. The zero-order valence-electron chi connectivity index (χ0n) is 12.5. The molecule has 4 N–H and O–H groups in total. The van der Waals surface area contributed by atoms with Crippen molar-refractivity contribution in [1.29, 1.82) is 0 Å². The van der Waals surface area contributed by atoms with E-state index in [1.54, 1.807) is 12.3 Å². The van der Waals surface area contributed by atoms with Gasteiger partial charge in [-0.3, -0.25) is 0 Å². The van der Waals surface area contributed by atoms with E-state index >= 15 is 0 Å². The van der Waals surface area contributed by atoms with Gasteiger partial charge in [-0.25, -0.2) is 9.97 Å². The van der Waals surface area contributed by atoms with Crippen molar-refractivity contribution >= 4 is 34.8 Å². The lowest BCUT2D eigenvalue weighted by Gasteiger charge is -2.59. The number of nitrogens with zero attached hydrogens (tertiary/aromatic N) is 3. The Balaban J connectivity index is 1.60. The summed E-state index contributed by atoms with van der Waals surface area (Å²) in [6.45, 7) is 1.86. The van der Waals surface area contributed by atoms with Crippen LogP contribution in [0.3, 0.4) is 0 Å². The van der Waals surface area contributed by atoms with Crippen molar-refractivity contribution in [1.82, 2.24) is 9.97 Å². The molecule has 7 heteroatoms. The van der Waals surface area contributed by atoms with Crippen LogP contribution in [0.4, 0.5) is 11.6 Å². The van der Waals surface area contributed by atoms with Crippen molar-refractivity contribution in [3.63, 3.8) is 0 Å². The molecule has 5 nitrogen and oxygen atoms in total. The van der Waals surface area contributed by atoms with Crippen molar-refractivity contribution < 1.29 is 0 Å². The number of hydrogen-bond donors (Lipinski definition) is 2. The van der Waals surface area contributed by atoms with Gasteiger partial charge in [0.25, 0.3) is 0 Å². The molecule has 4 rings (SSSR count). The molecule has 120 valence electrons. The minimum atomic E-state index is 0.283. The van der Waals surface area contributed by atoms with E-state index in [-0.39, 0.29) is 5.41 Å². The fraction of sp³-hybridized carbons (Fsp3) is 0.375. The van der Waals surface area contributed by atoms with Crippen LogP contribution in [0.5, 0.6) is 0 Å². The lowest BCUT2D eigenvalue weighted by Crippen LogP contribution is -2.69. The van der Waals surface area contributed by atoms with Crippen LogP contribution in [-0.2, 0) is 0 Å². The summed E-state index contributed by atoms with van der Waals surface area (Å²) in [6.07, 6.45) is 4.05. The first-order chi connectivity index (χ1) is 11.0. The average molecular weight is 350 g/mol. The van der Waals surface area contributed by atoms with Crippen LogP contribution in [0.2, 0.25) is 10.0 Å². The summed E-state index contributed by atoms with van der Waals surface area (Å²) in [5.41, 5.74) is 13.7. The summed E-state index contributed by atoms with van der Waals surface area (Å²) in [7, 11) is 0. The highest BCUT2D eigenvalue weighted by Gasteiger charge is 2.53. The fourth-order valence-electron chi connectivity index (χ4n) is 3.43. The average Bonchev–Trinajstić information content (AvgIpc) is 2.48. The van der Waals surface area contributed by atoms with Gasteiger partial charge in [0.15, 0.2) is 5.82 Å². The SMILES string of the molecule is Nc1nc(N2CC3(CC[C@@H]3N)C2)cnc1-c1cccc(Cl)c1Cl. The van der Waals surface area contributed by atoms with E-state index < -0.39 is 0 Å². The number of nitrogen functional groups attached to an aromatic ring is 1. The highest BCUT2D eigenvalue weighted by atomic mass is 35.5. The third kappa shape index (κ3) is 2.26. The summed E-state index contributed by atoms with van der Waals surface area (Å²) in [4.78, 5) is 11.1. The van der Waals surface area contributed by atoms with E-state index in [0.29, 0.717) is 33.2 Å². The van der Waals surface area contributed by atoms with E-state index in [9.17, 15) is 0 Å². The van der Waals surface area contributed by atoms with Gasteiger partial charge < -0.3 is 16.4 Å². The zero-order valence-corrected chi connectivity index (χ0v) is 14.0. The van der Waals surface area contributed by atoms with Crippen molar-refractivity contribution in [2.24, 2.45) is 11.1 Å². The van der Waals surface area contributed by atoms with Gasteiger partial charge in [0.1, 0.15) is 11.5 Å². The molecule has 2 aliphatic rings. The minimum Gasteiger partial charge on any atom is -0.382 e. The molecule has 1 spiro atoms. The number of hydrogen-bond acceptors (Lipinski definition) is 5. The third-order valence-electron chi connectivity index (χ3n) is 5.07. The van der Waals surface area contributed by atoms with Crippen LogP contribution >= 0.6 is 23.2 Å². The molecule has 1 saturated carbocycles. The molecule has 1 saturated heterocycles. The van der Waals surface area contributed by atoms with Crippen LogP contribution in [0.1, 0.15) is 12.8 Å². The molecule has 2 aromatic rings. The van der Waals surface area contributed by atoms with Crippen molar-refractivity contribution in [3.8, 4) is 11.3 Å². The fourth-order valence-corrected chi connectivity index (χ4v) is 3.82. The summed E-state index contributed by atoms with van der Waals surface area (Å²) in [5, 5.41) is 0.907. The molecule has 2 heterocycles. The van der Waals surface area contributed by atoms with E-state index in [1.807, 2.05) is 12.1 Å². The minimum absolute atomic E-state index is 0.283. The number of halogens is 2. The predicted molar refractivity (Wildman–Crippen MR) is 93.8 cm³/mol. The zero-order chi connectivity index (χ0) is 16.2. The second-order valence-electron chi connectivity index (χ2n) is 6.43. The van der Waals surface area contributed by atoms with Gasteiger partial charge in [-0.2, -0.15) is 0 Å². The molecule has 1 aromatic carbocycles. The third-order valence-corrected chi connectivity index (χ3v) is 5.89. The number of nitrogens with two attached hydrogens (primary N) is 2. The largest absolute Gasteiger partial charge is 0.382 e. The standard InChI is InChI=1S/C16H17Cl2N5/c17-10-3-1-2-9(13(10)18)14-15(20)22-12(6-21-14)23-7-16(8-23)5-4-11(16)19/h1-3,6,11H,4-5,7-8,19H2,(H2,20,22)/t11-/m0/s1. The van der Waals surface area contributed by atoms with Crippen LogP contribution in [0.15, 0.2) is 24.4 Å². The number of aromatic nitrogens is 2. The van der Waals surface area contributed by atoms with E-state index in [4.69, 9.17) is 34.7 Å². The van der Waals surface area contributed by atoms with Crippen LogP contribution in [0.25, 0.3) is 11.3 Å². The molecule has 0 bridgehead atoms. The molecule has 1 aliphatic carbocycles. The Bertz CT molecular complexity index is 773. The highest BCUT2D eigenvalue weighted by molar-refractivity contribution is 6.43. The lowest BCUT2D eigenvalue weighted by atomic mass is 9.60. The Morgan fingerprint density at radius 1 is 1.26 bits per heavy atom. The van der Waals surface area contributed by atoms with Gasteiger partial charge in [0.05, 0.1) is 16.2 Å². The summed E-state index contributed by atoms with van der Waals surface area (Å²) < 4.78 is 0. The second kappa shape index (κ2) is 5.23. The highest BCUT2D eigenvalue weighted by Crippen LogP contribution is 2.48. The maximum absolute atomic E-state index is 6.24. The lowest BCUT2D eigenvalue weighted by molar-refractivity contribution is 0.0557. The molecular formula is C16H17Cl2N5. The molecule has 2 fully saturated rings. The Hall–Kier alpha value is -1.56. The topological polar surface area (TPSA) is 81.1 Å². The van der Waals surface area contributed by atoms with E-state index in [0.717, 1.165) is 25.3 Å². The normalized spacial score (nSPS) is 21.9. The van der Waals surface area contributed by atoms with E-state index in [2.05, 4.69) is 14.9 Å². The van der Waals surface area contributed by atoms with Crippen molar-refractivity contribution in [2.45, 2.75) is 18.9 Å². The Kier molecular flexibility index (Phi) is 3.41. The molecule has 0 radical (unpaired) electrons. The van der Waals surface area contributed by atoms with Crippen LogP contribution in [0, 0.1) is 5.41 Å². The Morgan fingerprint density at radius 2 is 2.04 bits per heavy atom. The molecule has 0 unspecified atom stereocenters. The maximum atomic E-state index is 6.24. The second-order valence-corrected chi connectivity index (χ2v) is 7.21. The molecule has 1 atom stereocenters. The molecule has 1 aromatic heterocycles. The summed E-state index contributed by atoms with van der Waals surface area (Å²) >= 11 is 12.3. The van der Waals surface area contributed by atoms with Crippen LogP contribution < -0.4 is 16.4 Å². The molecule has 23 heavy (non-hydrogen) atoms. The van der Waals surface area contributed by atoms with Crippen molar-refractivity contribution in [3.05, 3.63) is 34.4 Å². The Labute approximate surface area is 144 Å². The number of rotatable bonds is 2. The maximum Gasteiger partial charge on any atom is 0.152 e. The first-order valence-electron chi connectivity index (χ1n) is 7.58. The molecule has 0 amide bonds. The molecular weight excluding hydrogens is 333 g/mol. The van der Waals surface area contributed by atoms with Crippen molar-refractivity contribution in [2.75, 3.05) is 23.7 Å². The van der Waals surface area contributed by atoms with E-state index in [1.165, 1.54) is 6.42 Å². The van der Waals surface area contributed by atoms with Gasteiger partial charge in [0.2, 0.25) is 0 Å². The number of anilines is 2. The van der Waals surface area contributed by atoms with Gasteiger partial charge >= 0.3 is 0 Å². The summed E-state index contributed by atoms with van der Waals surface area (Å²) in [6, 6.07) is 5.69. The van der Waals surface area contributed by atoms with Crippen LogP contribution in [-0.4, -0.2) is 29.1 Å². The predicted octanol–water partition coefficient (Wildman–Crippen LogP) is 2.96. The first-order valence-corrected chi connectivity index (χ1v) is 8.33. The summed E-state index contributed by atoms with van der Waals surface area (Å²) in [5.74, 6) is 1.14.